The molecule has 2 fully saturated rings. The largest absolute Gasteiger partial charge is 0.375 e. The fourth-order valence-corrected chi connectivity index (χ4v) is 4.96. The molecule has 1 spiro atoms. The number of nitrogens with one attached hydrogen (secondary N) is 1. The summed E-state index contributed by atoms with van der Waals surface area (Å²) in [6, 6.07) is 8.72. The molecule has 3 heterocycles. The zero-order chi connectivity index (χ0) is 14.1. The van der Waals surface area contributed by atoms with E-state index in [-0.39, 0.29) is 5.60 Å². The lowest BCUT2D eigenvalue weighted by Crippen LogP contribution is -2.41. The Kier molecular flexibility index (Phi) is 3.96. The average Bonchev–Trinajstić information content (AvgIpc) is 3.10. The first-order chi connectivity index (χ1) is 10.3. The Balaban J connectivity index is 1.27. The number of ether oxygens (including phenoxy) is 2. The number of rotatable bonds is 3. The minimum Gasteiger partial charge on any atom is -0.375 e. The molecule has 2 atom stereocenters. The Labute approximate surface area is 130 Å². The molecule has 0 amide bonds. The molecule has 1 aromatic rings. The molecule has 0 aromatic heterocycles. The third-order valence-corrected chi connectivity index (χ3v) is 6.21. The third kappa shape index (κ3) is 3.00. The number of fused-ring (bicyclic) bond motifs is 1. The molecule has 0 saturated carbocycles. The highest BCUT2D eigenvalue weighted by Gasteiger charge is 2.41. The number of hydrogen-bond acceptors (Lipinski definition) is 4. The van der Waals surface area contributed by atoms with E-state index in [2.05, 4.69) is 29.6 Å². The quantitative estimate of drug-likeness (QED) is 0.930. The molecule has 0 bridgehead atoms. The summed E-state index contributed by atoms with van der Waals surface area (Å²) < 4.78 is 12.3. The predicted molar refractivity (Wildman–Crippen MR) is 84.9 cm³/mol. The highest BCUT2D eigenvalue weighted by Crippen LogP contribution is 2.38. The van der Waals surface area contributed by atoms with E-state index in [0.717, 1.165) is 52.0 Å². The predicted octanol–water partition coefficient (Wildman–Crippen LogP) is 2.63. The minimum atomic E-state index is 0.113. The van der Waals surface area contributed by atoms with Gasteiger partial charge in [-0.3, -0.25) is 0 Å². The van der Waals surface area contributed by atoms with Crippen LogP contribution in [0.5, 0.6) is 0 Å². The van der Waals surface area contributed by atoms with E-state index in [9.17, 15) is 0 Å². The number of thioether (sulfide) groups is 1. The molecule has 1 N–H and O–H groups in total. The van der Waals surface area contributed by atoms with Crippen LogP contribution in [0.15, 0.2) is 29.2 Å². The first kappa shape index (κ1) is 14.1. The normalized spacial score (nSPS) is 30.7. The Hall–Kier alpha value is -0.550. The van der Waals surface area contributed by atoms with Crippen molar-refractivity contribution in [3.8, 4) is 0 Å². The lowest BCUT2D eigenvalue weighted by atomic mass is 9.89. The Bertz CT molecular complexity index is 476. The maximum Gasteiger partial charge on any atom is 0.0836 e. The summed E-state index contributed by atoms with van der Waals surface area (Å²) in [6.07, 6.45) is 4.79. The van der Waals surface area contributed by atoms with Gasteiger partial charge in [0.2, 0.25) is 0 Å². The van der Waals surface area contributed by atoms with E-state index < -0.39 is 0 Å². The van der Waals surface area contributed by atoms with Gasteiger partial charge in [-0.1, -0.05) is 18.2 Å². The van der Waals surface area contributed by atoms with Crippen LogP contribution in [-0.4, -0.2) is 43.3 Å². The van der Waals surface area contributed by atoms with Crippen LogP contribution in [0, 0.1) is 0 Å². The van der Waals surface area contributed by atoms with E-state index >= 15 is 0 Å². The van der Waals surface area contributed by atoms with Crippen LogP contribution in [0.25, 0.3) is 0 Å². The van der Waals surface area contributed by atoms with Crippen molar-refractivity contribution in [3.63, 3.8) is 0 Å². The molecule has 21 heavy (non-hydrogen) atoms. The van der Waals surface area contributed by atoms with Gasteiger partial charge in [0, 0.05) is 16.6 Å². The molecular weight excluding hydrogens is 282 g/mol. The van der Waals surface area contributed by atoms with Crippen molar-refractivity contribution in [1.82, 2.24) is 5.32 Å². The van der Waals surface area contributed by atoms with Gasteiger partial charge in [-0.25, -0.2) is 0 Å². The minimum absolute atomic E-state index is 0.113. The average molecular weight is 305 g/mol. The summed E-state index contributed by atoms with van der Waals surface area (Å²) in [5.41, 5.74) is 1.59. The fraction of sp³-hybridized carbons (Fsp3) is 0.647. The van der Waals surface area contributed by atoms with Crippen molar-refractivity contribution in [2.75, 3.05) is 26.3 Å². The van der Waals surface area contributed by atoms with Gasteiger partial charge in [-0.2, -0.15) is 0 Å². The van der Waals surface area contributed by atoms with Crippen LogP contribution in [0.2, 0.25) is 0 Å². The first-order valence-electron chi connectivity index (χ1n) is 8.04. The van der Waals surface area contributed by atoms with E-state index in [1.807, 2.05) is 11.8 Å². The molecule has 3 aliphatic heterocycles. The molecular formula is C17H23NO2S. The Morgan fingerprint density at radius 3 is 3.00 bits per heavy atom. The van der Waals surface area contributed by atoms with E-state index in [4.69, 9.17) is 9.47 Å². The highest BCUT2D eigenvalue weighted by atomic mass is 32.2. The van der Waals surface area contributed by atoms with E-state index in [1.54, 1.807) is 0 Å². The van der Waals surface area contributed by atoms with Crippen molar-refractivity contribution in [2.45, 2.75) is 47.5 Å². The van der Waals surface area contributed by atoms with Gasteiger partial charge < -0.3 is 14.8 Å². The summed E-state index contributed by atoms with van der Waals surface area (Å²) in [5.74, 6) is 0. The van der Waals surface area contributed by atoms with Crippen molar-refractivity contribution in [3.05, 3.63) is 29.8 Å². The van der Waals surface area contributed by atoms with E-state index in [1.165, 1.54) is 10.5 Å². The molecule has 2 saturated heterocycles. The molecule has 3 aliphatic rings. The van der Waals surface area contributed by atoms with Crippen LogP contribution in [0.1, 0.15) is 24.8 Å². The standard InChI is InChI=1S/C17H23NO2S/c1-2-4-16-13(3-1)9-15(21-16)12-19-14-10-17(20-11-14)5-7-18-8-6-17/h1-4,14-15,18H,5-12H2. The zero-order valence-corrected chi connectivity index (χ0v) is 13.2. The van der Waals surface area contributed by atoms with Gasteiger partial charge in [-0.05, 0) is 44.0 Å². The summed E-state index contributed by atoms with van der Waals surface area (Å²) in [7, 11) is 0. The summed E-state index contributed by atoms with van der Waals surface area (Å²) in [6.45, 7) is 3.80. The van der Waals surface area contributed by atoms with Crippen LogP contribution in [-0.2, 0) is 15.9 Å². The van der Waals surface area contributed by atoms with Gasteiger partial charge in [0.05, 0.1) is 24.9 Å². The first-order valence-corrected chi connectivity index (χ1v) is 8.92. The van der Waals surface area contributed by atoms with E-state index in [0.29, 0.717) is 11.4 Å². The zero-order valence-electron chi connectivity index (χ0n) is 12.3. The topological polar surface area (TPSA) is 30.5 Å². The van der Waals surface area contributed by atoms with Gasteiger partial charge in [-0.15, -0.1) is 11.8 Å². The maximum atomic E-state index is 6.18. The molecule has 114 valence electrons. The number of piperidine rings is 1. The second-order valence-electron chi connectivity index (χ2n) is 6.46. The van der Waals surface area contributed by atoms with Crippen LogP contribution < -0.4 is 5.32 Å². The molecule has 3 nitrogen and oxygen atoms in total. The van der Waals surface area contributed by atoms with Crippen LogP contribution >= 0.6 is 11.8 Å². The molecule has 0 aliphatic carbocycles. The van der Waals surface area contributed by atoms with Gasteiger partial charge >= 0.3 is 0 Å². The monoisotopic (exact) mass is 305 g/mol. The molecule has 0 radical (unpaired) electrons. The smallest absolute Gasteiger partial charge is 0.0836 e. The fourth-order valence-electron chi connectivity index (χ4n) is 3.73. The van der Waals surface area contributed by atoms with Crippen LogP contribution in [0.3, 0.4) is 0 Å². The molecule has 1 aromatic carbocycles. The molecule has 4 rings (SSSR count). The SMILES string of the molecule is c1ccc2c(c1)CC(COC1COC3(CCNCC3)C1)S2. The second kappa shape index (κ2) is 5.92. The Morgan fingerprint density at radius 2 is 2.14 bits per heavy atom. The maximum absolute atomic E-state index is 6.18. The Morgan fingerprint density at radius 1 is 1.29 bits per heavy atom. The van der Waals surface area contributed by atoms with Crippen molar-refractivity contribution in [2.24, 2.45) is 0 Å². The number of benzene rings is 1. The molecule has 4 heteroatoms. The van der Waals surface area contributed by atoms with Crippen molar-refractivity contribution in [1.29, 1.82) is 0 Å². The lowest BCUT2D eigenvalue weighted by Gasteiger charge is -2.32. The molecule has 2 unspecified atom stereocenters. The summed E-state index contributed by atoms with van der Waals surface area (Å²) >= 11 is 1.97. The lowest BCUT2D eigenvalue weighted by molar-refractivity contribution is -0.0232. The van der Waals surface area contributed by atoms with Gasteiger partial charge in [0.1, 0.15) is 0 Å². The van der Waals surface area contributed by atoms with Crippen molar-refractivity contribution >= 4 is 11.8 Å². The second-order valence-corrected chi connectivity index (χ2v) is 7.80. The van der Waals surface area contributed by atoms with Crippen molar-refractivity contribution < 1.29 is 9.47 Å². The third-order valence-electron chi connectivity index (χ3n) is 4.92. The van der Waals surface area contributed by atoms with Gasteiger partial charge in [0.25, 0.3) is 0 Å². The summed E-state index contributed by atoms with van der Waals surface area (Å²) in [4.78, 5) is 1.43. The number of hydrogen-bond donors (Lipinski definition) is 1. The summed E-state index contributed by atoms with van der Waals surface area (Å²) in [5, 5.41) is 3.99. The van der Waals surface area contributed by atoms with Crippen LogP contribution in [0.4, 0.5) is 0 Å². The highest BCUT2D eigenvalue weighted by molar-refractivity contribution is 8.00. The van der Waals surface area contributed by atoms with Gasteiger partial charge in [0.15, 0.2) is 0 Å².